The molecule has 0 fully saturated rings. The highest BCUT2D eigenvalue weighted by Crippen LogP contribution is 2.06. The number of pyridine rings is 1. The number of carboxylic acids is 1. The molecule has 1 aromatic rings. The molecule has 2 N–H and O–H groups in total. The summed E-state index contributed by atoms with van der Waals surface area (Å²) in [5.74, 6) is -1.38. The van der Waals surface area contributed by atoms with E-state index in [0.717, 1.165) is 6.20 Å². The van der Waals surface area contributed by atoms with E-state index >= 15 is 0 Å². The molecular formula is C10H13FN2O2. The molecular weight excluding hydrogens is 199 g/mol. The van der Waals surface area contributed by atoms with Gasteiger partial charge in [-0.15, -0.1) is 0 Å². The molecule has 0 saturated carbocycles. The second-order valence-electron chi connectivity index (χ2n) is 3.80. The summed E-state index contributed by atoms with van der Waals surface area (Å²) in [5, 5.41) is 11.6. The van der Waals surface area contributed by atoms with E-state index in [2.05, 4.69) is 10.3 Å². The number of nitrogens with zero attached hydrogens (tertiary/aromatic N) is 1. The molecule has 0 atom stereocenters. The third-order valence-corrected chi connectivity index (χ3v) is 2.03. The van der Waals surface area contributed by atoms with Crippen molar-refractivity contribution in [2.45, 2.75) is 25.9 Å². The van der Waals surface area contributed by atoms with Gasteiger partial charge in [0.15, 0.2) is 0 Å². The predicted octanol–water partition coefficient (Wildman–Crippen LogP) is 1.17. The van der Waals surface area contributed by atoms with Crippen LogP contribution in [0.3, 0.4) is 0 Å². The Morgan fingerprint density at radius 1 is 1.60 bits per heavy atom. The Hall–Kier alpha value is -1.49. The first-order valence-corrected chi connectivity index (χ1v) is 4.49. The number of nitrogens with one attached hydrogen (secondary N) is 1. The van der Waals surface area contributed by atoms with E-state index in [1.54, 1.807) is 13.8 Å². The van der Waals surface area contributed by atoms with Gasteiger partial charge in [0, 0.05) is 12.7 Å². The molecule has 0 radical (unpaired) electrons. The Bertz CT molecular complexity index is 366. The smallest absolute Gasteiger partial charge is 0.323 e. The maximum absolute atomic E-state index is 12.7. The van der Waals surface area contributed by atoms with Crippen LogP contribution in [0.2, 0.25) is 0 Å². The monoisotopic (exact) mass is 212 g/mol. The molecule has 15 heavy (non-hydrogen) atoms. The Morgan fingerprint density at radius 2 is 2.27 bits per heavy atom. The first kappa shape index (κ1) is 11.6. The fourth-order valence-electron chi connectivity index (χ4n) is 0.951. The molecule has 5 heteroatoms. The number of hydrogen-bond donors (Lipinski definition) is 2. The van der Waals surface area contributed by atoms with E-state index in [4.69, 9.17) is 5.11 Å². The molecule has 0 bridgehead atoms. The third-order valence-electron chi connectivity index (χ3n) is 2.03. The zero-order chi connectivity index (χ0) is 11.5. The van der Waals surface area contributed by atoms with Gasteiger partial charge in [-0.2, -0.15) is 0 Å². The van der Waals surface area contributed by atoms with Crippen LogP contribution in [0.15, 0.2) is 18.5 Å². The van der Waals surface area contributed by atoms with Crippen molar-refractivity contribution < 1.29 is 14.3 Å². The molecule has 0 spiro atoms. The minimum atomic E-state index is -1.04. The van der Waals surface area contributed by atoms with E-state index in [0.29, 0.717) is 5.56 Å². The van der Waals surface area contributed by atoms with Crippen LogP contribution < -0.4 is 5.32 Å². The highest BCUT2D eigenvalue weighted by Gasteiger charge is 2.25. The quantitative estimate of drug-likeness (QED) is 0.786. The summed E-state index contributed by atoms with van der Waals surface area (Å²) < 4.78 is 12.7. The number of aliphatic carboxylic acids is 1. The van der Waals surface area contributed by atoms with E-state index < -0.39 is 17.3 Å². The van der Waals surface area contributed by atoms with E-state index in [1.165, 1.54) is 12.3 Å². The van der Waals surface area contributed by atoms with Gasteiger partial charge in [-0.3, -0.25) is 15.1 Å². The maximum atomic E-state index is 12.7. The van der Waals surface area contributed by atoms with Crippen molar-refractivity contribution in [3.63, 3.8) is 0 Å². The summed E-state index contributed by atoms with van der Waals surface area (Å²) in [5.41, 5.74) is -0.420. The minimum absolute atomic E-state index is 0.268. The van der Waals surface area contributed by atoms with E-state index in [9.17, 15) is 9.18 Å². The molecule has 4 nitrogen and oxygen atoms in total. The summed E-state index contributed by atoms with van der Waals surface area (Å²) in [4.78, 5) is 14.4. The molecule has 0 aromatic carbocycles. The zero-order valence-corrected chi connectivity index (χ0v) is 8.62. The molecule has 0 aliphatic rings. The number of hydrogen-bond acceptors (Lipinski definition) is 3. The lowest BCUT2D eigenvalue weighted by molar-refractivity contribution is -0.143. The fourth-order valence-corrected chi connectivity index (χ4v) is 0.951. The number of rotatable bonds is 4. The SMILES string of the molecule is CC(C)(NCc1cncc(F)c1)C(=O)O. The first-order valence-electron chi connectivity index (χ1n) is 4.49. The Kier molecular flexibility index (Phi) is 3.36. The molecule has 0 aliphatic carbocycles. The molecule has 0 unspecified atom stereocenters. The van der Waals surface area contributed by atoms with Crippen LogP contribution in [0.1, 0.15) is 19.4 Å². The molecule has 0 aliphatic heterocycles. The topological polar surface area (TPSA) is 62.2 Å². The van der Waals surface area contributed by atoms with Crippen LogP contribution in [-0.4, -0.2) is 21.6 Å². The molecule has 1 heterocycles. The average Bonchev–Trinajstić information content (AvgIpc) is 2.15. The number of carboxylic acid groups (broad SMARTS) is 1. The minimum Gasteiger partial charge on any atom is -0.480 e. The van der Waals surface area contributed by atoms with Crippen LogP contribution in [0, 0.1) is 5.82 Å². The molecule has 1 aromatic heterocycles. The van der Waals surface area contributed by atoms with Gasteiger partial charge >= 0.3 is 5.97 Å². The average molecular weight is 212 g/mol. The summed E-state index contributed by atoms with van der Waals surface area (Å²) in [6.07, 6.45) is 2.60. The summed E-state index contributed by atoms with van der Waals surface area (Å²) in [6, 6.07) is 1.32. The Labute approximate surface area is 87.1 Å². The van der Waals surface area contributed by atoms with Crippen molar-refractivity contribution in [2.24, 2.45) is 0 Å². The van der Waals surface area contributed by atoms with Crippen LogP contribution >= 0.6 is 0 Å². The maximum Gasteiger partial charge on any atom is 0.323 e. The predicted molar refractivity (Wildman–Crippen MR) is 52.7 cm³/mol. The highest BCUT2D eigenvalue weighted by atomic mass is 19.1. The first-order chi connectivity index (χ1) is 6.92. The van der Waals surface area contributed by atoms with E-state index in [1.807, 2.05) is 0 Å². The van der Waals surface area contributed by atoms with Gasteiger partial charge in [0.05, 0.1) is 6.20 Å². The van der Waals surface area contributed by atoms with E-state index in [-0.39, 0.29) is 6.54 Å². The lowest BCUT2D eigenvalue weighted by Gasteiger charge is -2.20. The lowest BCUT2D eigenvalue weighted by atomic mass is 10.1. The van der Waals surface area contributed by atoms with Gasteiger partial charge in [-0.05, 0) is 25.5 Å². The molecule has 0 saturated heterocycles. The number of carbonyl (C=O) groups is 1. The van der Waals surface area contributed by atoms with Gasteiger partial charge in [0.25, 0.3) is 0 Å². The molecule has 82 valence electrons. The fraction of sp³-hybridized carbons (Fsp3) is 0.400. The van der Waals surface area contributed by atoms with Crippen molar-refractivity contribution in [3.05, 3.63) is 29.8 Å². The van der Waals surface area contributed by atoms with Crippen LogP contribution in [0.25, 0.3) is 0 Å². The van der Waals surface area contributed by atoms with Crippen molar-refractivity contribution in [2.75, 3.05) is 0 Å². The lowest BCUT2D eigenvalue weighted by Crippen LogP contribution is -2.46. The van der Waals surface area contributed by atoms with Gasteiger partial charge in [0.2, 0.25) is 0 Å². The number of halogens is 1. The third kappa shape index (κ3) is 3.28. The summed E-state index contributed by atoms with van der Waals surface area (Å²) in [6.45, 7) is 3.36. The van der Waals surface area contributed by atoms with Gasteiger partial charge in [-0.1, -0.05) is 0 Å². The highest BCUT2D eigenvalue weighted by molar-refractivity contribution is 5.77. The molecule has 1 rings (SSSR count). The van der Waals surface area contributed by atoms with Gasteiger partial charge in [-0.25, -0.2) is 4.39 Å². The standard InChI is InChI=1S/C10H13FN2O2/c1-10(2,9(14)15)13-5-7-3-8(11)6-12-4-7/h3-4,6,13H,5H2,1-2H3,(H,14,15). The summed E-state index contributed by atoms with van der Waals surface area (Å²) >= 11 is 0. The van der Waals surface area contributed by atoms with Crippen LogP contribution in [-0.2, 0) is 11.3 Å². The number of aromatic nitrogens is 1. The summed E-state index contributed by atoms with van der Waals surface area (Å²) in [7, 11) is 0. The van der Waals surface area contributed by atoms with Crippen LogP contribution in [0.4, 0.5) is 4.39 Å². The normalized spacial score (nSPS) is 11.4. The van der Waals surface area contributed by atoms with Crippen molar-refractivity contribution in [1.82, 2.24) is 10.3 Å². The van der Waals surface area contributed by atoms with Crippen molar-refractivity contribution >= 4 is 5.97 Å². The van der Waals surface area contributed by atoms with Crippen molar-refractivity contribution in [3.8, 4) is 0 Å². The Balaban J connectivity index is 2.61. The second kappa shape index (κ2) is 4.35. The second-order valence-corrected chi connectivity index (χ2v) is 3.80. The largest absolute Gasteiger partial charge is 0.480 e. The van der Waals surface area contributed by atoms with Gasteiger partial charge < -0.3 is 5.11 Å². The molecule has 0 amide bonds. The van der Waals surface area contributed by atoms with Crippen molar-refractivity contribution in [1.29, 1.82) is 0 Å². The van der Waals surface area contributed by atoms with Gasteiger partial charge in [0.1, 0.15) is 11.4 Å². The zero-order valence-electron chi connectivity index (χ0n) is 8.62. The Morgan fingerprint density at radius 3 is 2.80 bits per heavy atom. The van der Waals surface area contributed by atoms with Crippen LogP contribution in [0.5, 0.6) is 0 Å².